The second kappa shape index (κ2) is 5.49. The Morgan fingerprint density at radius 2 is 2.05 bits per heavy atom. The van der Waals surface area contributed by atoms with Crippen LogP contribution in [0.5, 0.6) is 0 Å². The van der Waals surface area contributed by atoms with Crippen molar-refractivity contribution in [1.82, 2.24) is 9.88 Å². The minimum Gasteiger partial charge on any atom is -0.335 e. The summed E-state index contributed by atoms with van der Waals surface area (Å²) in [7, 11) is 0. The molecule has 0 aromatic carbocycles. The first-order valence-corrected chi connectivity index (χ1v) is 7.56. The summed E-state index contributed by atoms with van der Waals surface area (Å²) in [6.07, 6.45) is 8.99. The summed E-state index contributed by atoms with van der Waals surface area (Å²) in [4.78, 5) is 18.7. The Hall–Kier alpha value is -1.09. The smallest absolute Gasteiger partial charge is 0.257 e. The zero-order valence-corrected chi connectivity index (χ0v) is 11.8. The highest BCUT2D eigenvalue weighted by Gasteiger charge is 2.36. The van der Waals surface area contributed by atoms with Crippen LogP contribution in [0.4, 0.5) is 0 Å². The third-order valence-corrected chi connectivity index (χ3v) is 4.79. The Morgan fingerprint density at radius 3 is 2.89 bits per heavy atom. The topological polar surface area (TPSA) is 33.2 Å². The summed E-state index contributed by atoms with van der Waals surface area (Å²) >= 11 is 6.05. The highest BCUT2D eigenvalue weighted by atomic mass is 35.5. The number of hydrogen-bond donors (Lipinski definition) is 0. The number of fused-ring (bicyclic) bond motifs is 1. The van der Waals surface area contributed by atoms with Crippen LogP contribution in [0, 0.1) is 5.92 Å². The number of carbonyl (C=O) groups excluding carboxylic acids is 1. The van der Waals surface area contributed by atoms with E-state index in [1.165, 1.54) is 25.7 Å². The summed E-state index contributed by atoms with van der Waals surface area (Å²) in [5, 5.41) is 0.324. The fourth-order valence-electron chi connectivity index (χ4n) is 3.58. The molecule has 1 saturated carbocycles. The monoisotopic (exact) mass is 278 g/mol. The van der Waals surface area contributed by atoms with Crippen molar-refractivity contribution in [2.24, 2.45) is 5.92 Å². The van der Waals surface area contributed by atoms with Crippen molar-refractivity contribution in [3.63, 3.8) is 0 Å². The lowest BCUT2D eigenvalue weighted by atomic mass is 9.78. The molecule has 4 heteroatoms. The quantitative estimate of drug-likeness (QED) is 0.736. The van der Waals surface area contributed by atoms with Crippen LogP contribution in [0.2, 0.25) is 5.15 Å². The first-order chi connectivity index (χ1) is 9.27. The molecule has 2 heterocycles. The second-order valence-corrected chi connectivity index (χ2v) is 5.95. The van der Waals surface area contributed by atoms with Crippen molar-refractivity contribution in [1.29, 1.82) is 0 Å². The van der Waals surface area contributed by atoms with Gasteiger partial charge in [-0.1, -0.05) is 24.4 Å². The van der Waals surface area contributed by atoms with Gasteiger partial charge in [-0.15, -0.1) is 0 Å². The van der Waals surface area contributed by atoms with E-state index >= 15 is 0 Å². The molecule has 0 spiro atoms. The lowest BCUT2D eigenvalue weighted by Gasteiger charge is -2.44. The molecule has 2 unspecified atom stereocenters. The minimum atomic E-state index is 0.0645. The van der Waals surface area contributed by atoms with E-state index in [2.05, 4.69) is 9.88 Å². The van der Waals surface area contributed by atoms with Gasteiger partial charge in [-0.2, -0.15) is 0 Å². The van der Waals surface area contributed by atoms with E-state index in [1.54, 1.807) is 18.3 Å². The van der Waals surface area contributed by atoms with E-state index in [0.29, 0.717) is 22.7 Å². The van der Waals surface area contributed by atoms with Gasteiger partial charge >= 0.3 is 0 Å². The number of rotatable bonds is 1. The predicted octanol–water partition coefficient (Wildman–Crippen LogP) is 3.53. The SMILES string of the molecule is O=C(c1cccnc1Cl)N1CCCC2CCCCC21. The molecule has 1 aromatic heterocycles. The molecule has 0 N–H and O–H groups in total. The number of pyridine rings is 1. The molecule has 1 saturated heterocycles. The molecule has 0 bridgehead atoms. The molecule has 2 aliphatic rings. The van der Waals surface area contributed by atoms with Crippen LogP contribution < -0.4 is 0 Å². The molecule has 102 valence electrons. The lowest BCUT2D eigenvalue weighted by molar-refractivity contribution is 0.0390. The molecule has 3 rings (SSSR count). The molecule has 1 aromatic rings. The summed E-state index contributed by atoms with van der Waals surface area (Å²) in [6, 6.07) is 3.98. The third-order valence-electron chi connectivity index (χ3n) is 4.49. The van der Waals surface area contributed by atoms with E-state index in [9.17, 15) is 4.79 Å². The van der Waals surface area contributed by atoms with Gasteiger partial charge in [0.05, 0.1) is 5.56 Å². The Balaban J connectivity index is 1.84. The highest BCUT2D eigenvalue weighted by molar-refractivity contribution is 6.32. The summed E-state index contributed by atoms with van der Waals surface area (Å²) in [5.74, 6) is 0.761. The maximum absolute atomic E-state index is 12.7. The Bertz CT molecular complexity index is 475. The highest BCUT2D eigenvalue weighted by Crippen LogP contribution is 2.36. The minimum absolute atomic E-state index is 0.0645. The van der Waals surface area contributed by atoms with Crippen LogP contribution in [0.25, 0.3) is 0 Å². The molecule has 19 heavy (non-hydrogen) atoms. The number of aromatic nitrogens is 1. The van der Waals surface area contributed by atoms with Gasteiger partial charge in [-0.3, -0.25) is 4.79 Å². The van der Waals surface area contributed by atoms with Crippen LogP contribution in [-0.2, 0) is 0 Å². The lowest BCUT2D eigenvalue weighted by Crippen LogP contribution is -2.49. The molecular formula is C15H19ClN2O. The standard InChI is InChI=1S/C15H19ClN2O/c16-14-12(7-3-9-17-14)15(19)18-10-4-6-11-5-1-2-8-13(11)18/h3,7,9,11,13H,1-2,4-6,8,10H2. The fourth-order valence-corrected chi connectivity index (χ4v) is 3.78. The van der Waals surface area contributed by atoms with Crippen molar-refractivity contribution < 1.29 is 4.79 Å². The Labute approximate surface area is 119 Å². The Morgan fingerprint density at radius 1 is 1.26 bits per heavy atom. The van der Waals surface area contributed by atoms with Crippen LogP contribution in [0.15, 0.2) is 18.3 Å². The summed E-state index contributed by atoms with van der Waals surface area (Å²) in [6.45, 7) is 0.866. The van der Waals surface area contributed by atoms with Crippen molar-refractivity contribution in [3.8, 4) is 0 Å². The average molecular weight is 279 g/mol. The van der Waals surface area contributed by atoms with E-state index < -0.39 is 0 Å². The first-order valence-electron chi connectivity index (χ1n) is 7.19. The first kappa shape index (κ1) is 12.9. The normalized spacial score (nSPS) is 26.9. The van der Waals surface area contributed by atoms with E-state index in [1.807, 2.05) is 0 Å². The van der Waals surface area contributed by atoms with Gasteiger partial charge in [0.25, 0.3) is 5.91 Å². The van der Waals surface area contributed by atoms with Gasteiger partial charge in [-0.25, -0.2) is 4.98 Å². The van der Waals surface area contributed by atoms with Crippen molar-refractivity contribution >= 4 is 17.5 Å². The molecule has 1 aliphatic heterocycles. The third kappa shape index (κ3) is 2.48. The Kier molecular flexibility index (Phi) is 3.74. The molecular weight excluding hydrogens is 260 g/mol. The number of nitrogens with zero attached hydrogens (tertiary/aromatic N) is 2. The average Bonchev–Trinajstić information content (AvgIpc) is 2.46. The van der Waals surface area contributed by atoms with Gasteiger partial charge in [0.1, 0.15) is 5.15 Å². The van der Waals surface area contributed by atoms with Crippen LogP contribution in [-0.4, -0.2) is 28.4 Å². The largest absolute Gasteiger partial charge is 0.335 e. The van der Waals surface area contributed by atoms with Crippen LogP contribution in [0.3, 0.4) is 0 Å². The zero-order chi connectivity index (χ0) is 13.2. The number of amides is 1. The summed E-state index contributed by atoms with van der Waals surface area (Å²) in [5.41, 5.74) is 0.551. The fraction of sp³-hybridized carbons (Fsp3) is 0.600. The van der Waals surface area contributed by atoms with Crippen LogP contribution >= 0.6 is 11.6 Å². The number of piperidine rings is 1. The maximum Gasteiger partial charge on any atom is 0.257 e. The van der Waals surface area contributed by atoms with Gasteiger partial charge in [0, 0.05) is 18.8 Å². The van der Waals surface area contributed by atoms with Crippen molar-refractivity contribution in [3.05, 3.63) is 29.0 Å². The molecule has 2 fully saturated rings. The molecule has 2 atom stereocenters. The number of carbonyl (C=O) groups is 1. The van der Waals surface area contributed by atoms with Crippen LogP contribution in [0.1, 0.15) is 48.9 Å². The molecule has 1 aliphatic carbocycles. The number of halogens is 1. The zero-order valence-electron chi connectivity index (χ0n) is 11.0. The van der Waals surface area contributed by atoms with Crippen molar-refractivity contribution in [2.45, 2.75) is 44.6 Å². The number of likely N-dealkylation sites (tertiary alicyclic amines) is 1. The number of hydrogen-bond acceptors (Lipinski definition) is 2. The van der Waals surface area contributed by atoms with Gasteiger partial charge < -0.3 is 4.90 Å². The van der Waals surface area contributed by atoms with Gasteiger partial charge in [0.15, 0.2) is 0 Å². The van der Waals surface area contributed by atoms with Gasteiger partial charge in [-0.05, 0) is 43.7 Å². The molecule has 3 nitrogen and oxygen atoms in total. The van der Waals surface area contributed by atoms with E-state index in [-0.39, 0.29) is 5.91 Å². The second-order valence-electron chi connectivity index (χ2n) is 5.59. The van der Waals surface area contributed by atoms with Crippen molar-refractivity contribution in [2.75, 3.05) is 6.54 Å². The summed E-state index contributed by atoms with van der Waals surface area (Å²) < 4.78 is 0. The molecule has 1 amide bonds. The van der Waals surface area contributed by atoms with E-state index in [4.69, 9.17) is 11.6 Å². The predicted molar refractivity (Wildman–Crippen MR) is 75.3 cm³/mol. The van der Waals surface area contributed by atoms with Gasteiger partial charge in [0.2, 0.25) is 0 Å². The van der Waals surface area contributed by atoms with E-state index in [0.717, 1.165) is 19.4 Å². The molecule has 0 radical (unpaired) electrons. The maximum atomic E-state index is 12.7.